The fourth-order valence-corrected chi connectivity index (χ4v) is 2.78. The Labute approximate surface area is 140 Å². The number of hydrogen-bond acceptors (Lipinski definition) is 1. The van der Waals surface area contributed by atoms with E-state index >= 15 is 0 Å². The van der Waals surface area contributed by atoms with Crippen LogP contribution in [0.5, 0.6) is 0 Å². The van der Waals surface area contributed by atoms with Crippen molar-refractivity contribution in [3.8, 4) is 0 Å². The standard InChI is InChI=1S/C22H27N/c1-6-8-9-10-17(5)23-22(16(3)4)21-14-19-12-11-18(7-2)13-20(19)15-21/h6,8-13,15H,7,14H2,1-5H3/b8-6-,10-9-,23-17?. The maximum Gasteiger partial charge on any atom is 0.0654 e. The topological polar surface area (TPSA) is 12.4 Å². The van der Waals surface area contributed by atoms with E-state index in [-0.39, 0.29) is 0 Å². The molecule has 1 heteroatoms. The summed E-state index contributed by atoms with van der Waals surface area (Å²) in [5.74, 6) is 0. The molecule has 1 aliphatic rings. The lowest BCUT2D eigenvalue weighted by Crippen LogP contribution is -1.95. The van der Waals surface area contributed by atoms with Gasteiger partial charge in [0, 0.05) is 12.1 Å². The van der Waals surface area contributed by atoms with Crippen LogP contribution in [0.2, 0.25) is 0 Å². The number of nitrogens with zero attached hydrogens (tertiary/aromatic N) is 1. The molecule has 1 aromatic carbocycles. The smallest absolute Gasteiger partial charge is 0.0654 e. The zero-order valence-corrected chi connectivity index (χ0v) is 15.0. The monoisotopic (exact) mass is 305 g/mol. The summed E-state index contributed by atoms with van der Waals surface area (Å²) in [7, 11) is 0. The Bertz CT molecular complexity index is 720. The van der Waals surface area contributed by atoms with Gasteiger partial charge in [-0.2, -0.15) is 0 Å². The number of fused-ring (bicyclic) bond motifs is 1. The van der Waals surface area contributed by atoms with Crippen molar-refractivity contribution in [1.82, 2.24) is 0 Å². The highest BCUT2D eigenvalue weighted by Gasteiger charge is 2.16. The molecular weight excluding hydrogens is 278 g/mol. The van der Waals surface area contributed by atoms with Gasteiger partial charge in [0.25, 0.3) is 0 Å². The maximum absolute atomic E-state index is 4.86. The van der Waals surface area contributed by atoms with E-state index in [2.05, 4.69) is 58.0 Å². The van der Waals surface area contributed by atoms with Gasteiger partial charge in [-0.25, -0.2) is 0 Å². The quantitative estimate of drug-likeness (QED) is 0.462. The first-order valence-electron chi connectivity index (χ1n) is 8.40. The van der Waals surface area contributed by atoms with Gasteiger partial charge >= 0.3 is 0 Å². The predicted octanol–water partition coefficient (Wildman–Crippen LogP) is 6.08. The number of aryl methyl sites for hydroxylation is 1. The fourth-order valence-electron chi connectivity index (χ4n) is 2.78. The second-order valence-electron chi connectivity index (χ2n) is 6.22. The molecule has 1 nitrogen and oxygen atoms in total. The van der Waals surface area contributed by atoms with Gasteiger partial charge in [-0.15, -0.1) is 0 Å². The molecule has 0 saturated heterocycles. The first-order chi connectivity index (χ1) is 11.0. The minimum absolute atomic E-state index is 0.981. The predicted molar refractivity (Wildman–Crippen MR) is 103 cm³/mol. The van der Waals surface area contributed by atoms with Crippen LogP contribution >= 0.6 is 0 Å². The number of aliphatic imine (C=N–C) groups is 1. The Hall–Kier alpha value is -2.15. The molecule has 0 heterocycles. The van der Waals surface area contributed by atoms with Crippen LogP contribution in [-0.2, 0) is 12.8 Å². The molecule has 0 fully saturated rings. The third-order valence-electron chi connectivity index (χ3n) is 4.04. The molecule has 0 bridgehead atoms. The Balaban J connectivity index is 2.31. The zero-order chi connectivity index (χ0) is 16.8. The third-order valence-corrected chi connectivity index (χ3v) is 4.04. The van der Waals surface area contributed by atoms with Gasteiger partial charge in [-0.3, -0.25) is 4.99 Å². The van der Waals surface area contributed by atoms with Gasteiger partial charge < -0.3 is 0 Å². The molecule has 0 aliphatic heterocycles. The summed E-state index contributed by atoms with van der Waals surface area (Å²) < 4.78 is 0. The molecule has 2 rings (SSSR count). The van der Waals surface area contributed by atoms with E-state index < -0.39 is 0 Å². The molecule has 0 saturated carbocycles. The zero-order valence-electron chi connectivity index (χ0n) is 15.0. The Morgan fingerprint density at radius 1 is 1.17 bits per heavy atom. The summed E-state index contributed by atoms with van der Waals surface area (Å²) in [5.41, 5.74) is 8.91. The normalized spacial score (nSPS) is 14.5. The molecule has 23 heavy (non-hydrogen) atoms. The molecule has 0 radical (unpaired) electrons. The number of hydrogen-bond donors (Lipinski definition) is 0. The minimum atomic E-state index is 0.981. The second kappa shape index (κ2) is 7.92. The summed E-state index contributed by atoms with van der Waals surface area (Å²) in [6.07, 6.45) is 12.5. The molecule has 0 atom stereocenters. The van der Waals surface area contributed by atoms with Crippen molar-refractivity contribution in [2.24, 2.45) is 4.99 Å². The Kier molecular flexibility index (Phi) is 5.92. The van der Waals surface area contributed by atoms with Crippen LogP contribution in [0.1, 0.15) is 51.3 Å². The molecule has 0 unspecified atom stereocenters. The Morgan fingerprint density at radius 2 is 1.96 bits per heavy atom. The van der Waals surface area contributed by atoms with E-state index in [4.69, 9.17) is 4.99 Å². The van der Waals surface area contributed by atoms with Crippen LogP contribution in [0.4, 0.5) is 0 Å². The molecule has 120 valence electrons. The average molecular weight is 305 g/mol. The molecule has 0 amide bonds. The number of allylic oxidation sites excluding steroid dienone is 6. The van der Waals surface area contributed by atoms with Crippen LogP contribution in [0, 0.1) is 0 Å². The van der Waals surface area contributed by atoms with Gasteiger partial charge in [0.1, 0.15) is 0 Å². The van der Waals surface area contributed by atoms with Crippen molar-refractivity contribution in [3.05, 3.63) is 76.0 Å². The van der Waals surface area contributed by atoms with E-state index in [9.17, 15) is 0 Å². The van der Waals surface area contributed by atoms with E-state index in [0.29, 0.717) is 0 Å². The molecule has 1 aliphatic carbocycles. The van der Waals surface area contributed by atoms with Gasteiger partial charge in [-0.05, 0) is 68.5 Å². The van der Waals surface area contributed by atoms with Crippen molar-refractivity contribution in [2.45, 2.75) is 47.5 Å². The van der Waals surface area contributed by atoms with Crippen molar-refractivity contribution in [1.29, 1.82) is 0 Å². The van der Waals surface area contributed by atoms with Crippen LogP contribution in [0.3, 0.4) is 0 Å². The summed E-state index contributed by atoms with van der Waals surface area (Å²) in [6, 6.07) is 6.82. The van der Waals surface area contributed by atoms with E-state index in [1.54, 1.807) is 0 Å². The molecule has 0 N–H and O–H groups in total. The molecule has 0 aromatic heterocycles. The fraction of sp³-hybridized carbons (Fsp3) is 0.318. The van der Waals surface area contributed by atoms with Gasteiger partial charge in [0.05, 0.1) is 5.70 Å². The highest BCUT2D eigenvalue weighted by molar-refractivity contribution is 5.94. The summed E-state index contributed by atoms with van der Waals surface area (Å²) in [4.78, 5) is 4.86. The first-order valence-corrected chi connectivity index (χ1v) is 8.40. The van der Waals surface area contributed by atoms with Crippen LogP contribution < -0.4 is 0 Å². The first kappa shape index (κ1) is 17.2. The van der Waals surface area contributed by atoms with Crippen molar-refractivity contribution in [2.75, 3.05) is 0 Å². The third kappa shape index (κ3) is 4.41. The van der Waals surface area contributed by atoms with Crippen molar-refractivity contribution in [3.63, 3.8) is 0 Å². The highest BCUT2D eigenvalue weighted by Crippen LogP contribution is 2.32. The van der Waals surface area contributed by atoms with Crippen LogP contribution in [0.15, 0.2) is 64.3 Å². The number of benzene rings is 1. The molecule has 0 spiro atoms. The van der Waals surface area contributed by atoms with Gasteiger partial charge in [0.15, 0.2) is 0 Å². The van der Waals surface area contributed by atoms with E-state index in [1.807, 2.05) is 25.2 Å². The lowest BCUT2D eigenvalue weighted by atomic mass is 10.0. The SMILES string of the molecule is C/C=C\C=C/C(C)=NC(C1=Cc2cc(CC)ccc2C1)=C(C)C. The average Bonchev–Trinajstić information content (AvgIpc) is 2.94. The van der Waals surface area contributed by atoms with Gasteiger partial charge in [-0.1, -0.05) is 48.9 Å². The van der Waals surface area contributed by atoms with Crippen molar-refractivity contribution >= 4 is 11.8 Å². The summed E-state index contributed by atoms with van der Waals surface area (Å²) in [5, 5.41) is 0. The molecular formula is C22H27N. The summed E-state index contributed by atoms with van der Waals surface area (Å²) in [6.45, 7) is 10.6. The molecule has 1 aromatic rings. The lowest BCUT2D eigenvalue weighted by Gasteiger charge is -2.07. The van der Waals surface area contributed by atoms with E-state index in [1.165, 1.54) is 27.8 Å². The minimum Gasteiger partial charge on any atom is -0.254 e. The van der Waals surface area contributed by atoms with Crippen LogP contribution in [-0.4, -0.2) is 5.71 Å². The highest BCUT2D eigenvalue weighted by atomic mass is 14.8. The maximum atomic E-state index is 4.86. The van der Waals surface area contributed by atoms with Crippen molar-refractivity contribution < 1.29 is 0 Å². The largest absolute Gasteiger partial charge is 0.254 e. The second-order valence-corrected chi connectivity index (χ2v) is 6.22. The number of rotatable bonds is 5. The summed E-state index contributed by atoms with van der Waals surface area (Å²) >= 11 is 0. The van der Waals surface area contributed by atoms with Gasteiger partial charge in [0.2, 0.25) is 0 Å². The Morgan fingerprint density at radius 3 is 2.61 bits per heavy atom. The lowest BCUT2D eigenvalue weighted by molar-refractivity contribution is 1.11. The van der Waals surface area contributed by atoms with E-state index in [0.717, 1.165) is 24.3 Å². The van der Waals surface area contributed by atoms with Crippen LogP contribution in [0.25, 0.3) is 6.08 Å².